The summed E-state index contributed by atoms with van der Waals surface area (Å²) in [6.45, 7) is 0.475. The summed E-state index contributed by atoms with van der Waals surface area (Å²) in [5.74, 6) is -0.267. The quantitative estimate of drug-likeness (QED) is 0.860. The highest BCUT2D eigenvalue weighted by Crippen LogP contribution is 2.45. The minimum Gasteiger partial charge on any atom is -0.481 e. The molecule has 1 aromatic carbocycles. The van der Waals surface area contributed by atoms with Crippen LogP contribution in [0.2, 0.25) is 0 Å². The molecule has 0 saturated heterocycles. The van der Waals surface area contributed by atoms with Crippen LogP contribution in [0.4, 0.5) is 0 Å². The highest BCUT2D eigenvalue weighted by atomic mass is 16.4. The molecule has 2 atom stereocenters. The largest absolute Gasteiger partial charge is 0.481 e. The first-order chi connectivity index (χ1) is 8.65. The lowest BCUT2D eigenvalue weighted by Crippen LogP contribution is -2.37. The minimum atomic E-state index is -0.728. The number of carboxylic acids is 1. The summed E-state index contributed by atoms with van der Waals surface area (Å²) >= 11 is 0. The van der Waals surface area contributed by atoms with Crippen LogP contribution in [0.25, 0.3) is 0 Å². The molecule has 1 saturated carbocycles. The SMILES string of the molecule is NCC1(CC(=O)O)CCCC(c2ccccc2)C1. The van der Waals surface area contributed by atoms with Gasteiger partial charge >= 0.3 is 5.97 Å². The van der Waals surface area contributed by atoms with Gasteiger partial charge in [0.05, 0.1) is 6.42 Å². The Kier molecular flexibility index (Phi) is 4.02. The second-order valence-electron chi connectivity index (χ2n) is 5.48. The molecule has 1 aliphatic rings. The van der Waals surface area contributed by atoms with E-state index in [9.17, 15) is 4.79 Å². The second-order valence-corrected chi connectivity index (χ2v) is 5.48. The van der Waals surface area contributed by atoms with E-state index in [1.807, 2.05) is 18.2 Å². The predicted octanol–water partition coefficient (Wildman–Crippen LogP) is 2.76. The zero-order chi connectivity index (χ0) is 13.0. The molecule has 3 nitrogen and oxygen atoms in total. The molecule has 0 aliphatic heterocycles. The summed E-state index contributed by atoms with van der Waals surface area (Å²) in [5, 5.41) is 9.06. The smallest absolute Gasteiger partial charge is 0.303 e. The molecule has 0 spiro atoms. The average molecular weight is 247 g/mol. The summed E-state index contributed by atoms with van der Waals surface area (Å²) in [7, 11) is 0. The topological polar surface area (TPSA) is 63.3 Å². The molecule has 1 aliphatic carbocycles. The molecule has 2 unspecified atom stereocenters. The van der Waals surface area contributed by atoms with Crippen molar-refractivity contribution in [1.29, 1.82) is 0 Å². The van der Waals surface area contributed by atoms with Gasteiger partial charge in [0.15, 0.2) is 0 Å². The van der Waals surface area contributed by atoms with E-state index in [0.717, 1.165) is 25.7 Å². The van der Waals surface area contributed by atoms with Crippen LogP contribution >= 0.6 is 0 Å². The second kappa shape index (κ2) is 5.53. The van der Waals surface area contributed by atoms with Crippen molar-refractivity contribution in [1.82, 2.24) is 0 Å². The number of nitrogens with two attached hydrogens (primary N) is 1. The van der Waals surface area contributed by atoms with Gasteiger partial charge in [0.25, 0.3) is 0 Å². The molecule has 0 amide bonds. The van der Waals surface area contributed by atoms with Crippen LogP contribution in [0.3, 0.4) is 0 Å². The number of carbonyl (C=O) groups is 1. The number of benzene rings is 1. The van der Waals surface area contributed by atoms with E-state index in [-0.39, 0.29) is 11.8 Å². The van der Waals surface area contributed by atoms with Gasteiger partial charge in [-0.15, -0.1) is 0 Å². The molecule has 0 heterocycles. The lowest BCUT2D eigenvalue weighted by molar-refractivity contribution is -0.140. The van der Waals surface area contributed by atoms with Gasteiger partial charge in [0, 0.05) is 0 Å². The lowest BCUT2D eigenvalue weighted by Gasteiger charge is -2.39. The van der Waals surface area contributed by atoms with E-state index < -0.39 is 5.97 Å². The molecule has 0 aromatic heterocycles. The fourth-order valence-electron chi connectivity index (χ4n) is 3.20. The van der Waals surface area contributed by atoms with Crippen LogP contribution in [-0.2, 0) is 4.79 Å². The van der Waals surface area contributed by atoms with Crippen LogP contribution < -0.4 is 5.73 Å². The lowest BCUT2D eigenvalue weighted by atomic mass is 9.66. The summed E-state index contributed by atoms with van der Waals surface area (Å²) < 4.78 is 0. The Hall–Kier alpha value is -1.35. The van der Waals surface area contributed by atoms with Crippen LogP contribution in [0.5, 0.6) is 0 Å². The average Bonchev–Trinajstić information content (AvgIpc) is 2.39. The van der Waals surface area contributed by atoms with Gasteiger partial charge in [-0.25, -0.2) is 0 Å². The predicted molar refractivity (Wildman–Crippen MR) is 71.4 cm³/mol. The minimum absolute atomic E-state index is 0.201. The van der Waals surface area contributed by atoms with Crippen molar-refractivity contribution in [2.75, 3.05) is 6.54 Å². The fraction of sp³-hybridized carbons (Fsp3) is 0.533. The highest BCUT2D eigenvalue weighted by Gasteiger charge is 2.37. The van der Waals surface area contributed by atoms with E-state index in [2.05, 4.69) is 12.1 Å². The van der Waals surface area contributed by atoms with Crippen LogP contribution in [0.1, 0.15) is 43.6 Å². The third kappa shape index (κ3) is 2.91. The van der Waals surface area contributed by atoms with Crippen LogP contribution in [0.15, 0.2) is 30.3 Å². The van der Waals surface area contributed by atoms with E-state index >= 15 is 0 Å². The van der Waals surface area contributed by atoms with Gasteiger partial charge < -0.3 is 10.8 Å². The molecule has 98 valence electrons. The van der Waals surface area contributed by atoms with Gasteiger partial charge in [-0.3, -0.25) is 4.79 Å². The molecule has 0 radical (unpaired) electrons. The molecule has 18 heavy (non-hydrogen) atoms. The van der Waals surface area contributed by atoms with E-state index in [0.29, 0.717) is 12.5 Å². The summed E-state index contributed by atoms with van der Waals surface area (Å²) in [6.07, 6.45) is 4.27. The number of hydrogen-bond acceptors (Lipinski definition) is 2. The number of hydrogen-bond donors (Lipinski definition) is 2. The normalized spacial score (nSPS) is 27.9. The van der Waals surface area contributed by atoms with Crippen molar-refractivity contribution < 1.29 is 9.90 Å². The van der Waals surface area contributed by atoms with Gasteiger partial charge in [-0.05, 0) is 42.7 Å². The first-order valence-electron chi connectivity index (χ1n) is 6.62. The Morgan fingerprint density at radius 3 is 2.72 bits per heavy atom. The first-order valence-corrected chi connectivity index (χ1v) is 6.62. The van der Waals surface area contributed by atoms with Crippen molar-refractivity contribution in [3.63, 3.8) is 0 Å². The Bertz CT molecular complexity index is 404. The number of aliphatic carboxylic acids is 1. The van der Waals surface area contributed by atoms with E-state index in [1.165, 1.54) is 5.56 Å². The standard InChI is InChI=1S/C15H21NO2/c16-11-15(10-14(17)18)8-4-7-13(9-15)12-5-2-1-3-6-12/h1-3,5-6,13H,4,7-11,16H2,(H,17,18). The summed E-state index contributed by atoms with van der Waals surface area (Å²) in [6, 6.07) is 10.4. The molecular formula is C15H21NO2. The third-order valence-corrected chi connectivity index (χ3v) is 4.17. The maximum Gasteiger partial charge on any atom is 0.303 e. The van der Waals surface area contributed by atoms with Crippen molar-refractivity contribution in [2.24, 2.45) is 11.1 Å². The molecule has 1 fully saturated rings. The summed E-state index contributed by atoms with van der Waals surface area (Å²) in [4.78, 5) is 11.0. The van der Waals surface area contributed by atoms with Crippen molar-refractivity contribution >= 4 is 5.97 Å². The Balaban J connectivity index is 2.14. The Labute approximate surface area is 108 Å². The molecule has 0 bridgehead atoms. The molecule has 3 heteroatoms. The number of rotatable bonds is 4. The van der Waals surface area contributed by atoms with Gasteiger partial charge in [0.2, 0.25) is 0 Å². The van der Waals surface area contributed by atoms with Crippen molar-refractivity contribution in [3.05, 3.63) is 35.9 Å². The zero-order valence-corrected chi connectivity index (χ0v) is 10.6. The Morgan fingerprint density at radius 2 is 2.11 bits per heavy atom. The maximum atomic E-state index is 11.0. The third-order valence-electron chi connectivity index (χ3n) is 4.17. The molecule has 2 rings (SSSR count). The summed E-state index contributed by atoms with van der Waals surface area (Å²) in [5.41, 5.74) is 6.98. The van der Waals surface area contributed by atoms with E-state index in [1.54, 1.807) is 0 Å². The first kappa shape index (κ1) is 13.1. The monoisotopic (exact) mass is 247 g/mol. The van der Waals surface area contributed by atoms with Crippen molar-refractivity contribution in [3.8, 4) is 0 Å². The molecule has 1 aromatic rings. The molecule has 3 N–H and O–H groups in total. The van der Waals surface area contributed by atoms with Gasteiger partial charge in [0.1, 0.15) is 0 Å². The van der Waals surface area contributed by atoms with Crippen LogP contribution in [-0.4, -0.2) is 17.6 Å². The van der Waals surface area contributed by atoms with Gasteiger partial charge in [-0.1, -0.05) is 36.8 Å². The number of carboxylic acid groups (broad SMARTS) is 1. The van der Waals surface area contributed by atoms with Crippen LogP contribution in [0, 0.1) is 5.41 Å². The van der Waals surface area contributed by atoms with Crippen molar-refractivity contribution in [2.45, 2.75) is 38.0 Å². The Morgan fingerprint density at radius 1 is 1.39 bits per heavy atom. The zero-order valence-electron chi connectivity index (χ0n) is 10.6. The highest BCUT2D eigenvalue weighted by molar-refractivity contribution is 5.67. The fourth-order valence-corrected chi connectivity index (χ4v) is 3.20. The molecular weight excluding hydrogens is 226 g/mol. The maximum absolute atomic E-state index is 11.0. The van der Waals surface area contributed by atoms with Gasteiger partial charge in [-0.2, -0.15) is 0 Å². The van der Waals surface area contributed by atoms with E-state index in [4.69, 9.17) is 10.8 Å².